The van der Waals surface area contributed by atoms with Crippen molar-refractivity contribution in [2.45, 2.75) is 19.0 Å². The van der Waals surface area contributed by atoms with Gasteiger partial charge in [-0.3, -0.25) is 0 Å². The quantitative estimate of drug-likeness (QED) is 0.398. The number of hydrogen-bond acceptors (Lipinski definition) is 7. The Morgan fingerprint density at radius 2 is 2.08 bits per heavy atom. The number of carbonyl (C=O) groups is 1. The van der Waals surface area contributed by atoms with Crippen molar-refractivity contribution in [3.63, 3.8) is 0 Å². The van der Waals surface area contributed by atoms with Gasteiger partial charge >= 0.3 is 11.7 Å². The molecule has 3 aromatic rings. The molecule has 0 aliphatic rings. The number of aryl methyl sites for hydroxylation is 3. The normalized spacial score (nSPS) is 10.9. The Balaban J connectivity index is 1.61. The highest BCUT2D eigenvalue weighted by Crippen LogP contribution is 2.25. The second kappa shape index (κ2) is 7.56. The Bertz CT molecular complexity index is 1010. The topological polar surface area (TPSA) is 115 Å². The van der Waals surface area contributed by atoms with Crippen molar-refractivity contribution in [3.05, 3.63) is 39.7 Å². The third-order valence-electron chi connectivity index (χ3n) is 3.74. The Hall–Kier alpha value is -2.88. The summed E-state index contributed by atoms with van der Waals surface area (Å²) in [7, 11) is 1.76. The number of thioether (sulfide) groups is 1. The molecule has 2 N–H and O–H groups in total. The molecule has 0 bridgehead atoms. The third kappa shape index (κ3) is 4.02. The van der Waals surface area contributed by atoms with Crippen LogP contribution in [0.1, 0.15) is 11.1 Å². The van der Waals surface area contributed by atoms with Crippen molar-refractivity contribution in [3.8, 4) is 0 Å². The predicted molar refractivity (Wildman–Crippen MR) is 98.5 cm³/mol. The monoisotopic (exact) mass is 374 g/mol. The molecule has 0 unspecified atom stereocenters. The van der Waals surface area contributed by atoms with Crippen molar-refractivity contribution in [1.82, 2.24) is 25.5 Å². The van der Waals surface area contributed by atoms with Crippen LogP contribution in [0, 0.1) is 13.8 Å². The molecule has 0 atom stereocenters. The van der Waals surface area contributed by atoms with Gasteiger partial charge in [-0.15, -0.1) is 5.10 Å². The fourth-order valence-electron chi connectivity index (χ4n) is 2.42. The van der Waals surface area contributed by atoms with Gasteiger partial charge in [-0.2, -0.15) is 0 Å². The van der Waals surface area contributed by atoms with Crippen molar-refractivity contribution in [2.24, 2.45) is 7.05 Å². The molecule has 3 rings (SSSR count). The summed E-state index contributed by atoms with van der Waals surface area (Å²) in [5.41, 5.74) is 2.39. The SMILES string of the molecule is Cc1cc2oc(=O)cc(C)c2cc1NC(=O)NCCSc1nnnn1C. The Kier molecular flexibility index (Phi) is 5.21. The standard InChI is InChI=1S/C16H18N6O3S/c1-9-7-14(23)25-13-6-10(2)12(8-11(9)13)18-15(24)17-4-5-26-16-19-20-21-22(16)3/h6-8H,4-5H2,1-3H3,(H2,17,18,24). The van der Waals surface area contributed by atoms with Gasteiger partial charge in [-0.25, -0.2) is 14.3 Å². The number of anilines is 1. The van der Waals surface area contributed by atoms with Crippen LogP contribution in [0.3, 0.4) is 0 Å². The lowest BCUT2D eigenvalue weighted by Gasteiger charge is -2.11. The zero-order chi connectivity index (χ0) is 18.7. The fraction of sp³-hybridized carbons (Fsp3) is 0.312. The molecule has 136 valence electrons. The molecule has 9 nitrogen and oxygen atoms in total. The van der Waals surface area contributed by atoms with Crippen LogP contribution in [-0.2, 0) is 7.05 Å². The first-order valence-electron chi connectivity index (χ1n) is 7.89. The van der Waals surface area contributed by atoms with E-state index in [0.29, 0.717) is 28.7 Å². The molecule has 26 heavy (non-hydrogen) atoms. The summed E-state index contributed by atoms with van der Waals surface area (Å²) >= 11 is 1.45. The number of fused-ring (bicyclic) bond motifs is 1. The molecule has 0 aliphatic carbocycles. The number of urea groups is 1. The van der Waals surface area contributed by atoms with Crippen LogP contribution in [-0.4, -0.2) is 38.5 Å². The minimum Gasteiger partial charge on any atom is -0.423 e. The number of nitrogens with zero attached hydrogens (tertiary/aromatic N) is 4. The van der Waals surface area contributed by atoms with Gasteiger partial charge in [0.2, 0.25) is 5.16 Å². The van der Waals surface area contributed by atoms with Crippen LogP contribution in [0.4, 0.5) is 10.5 Å². The van der Waals surface area contributed by atoms with Gasteiger partial charge in [0.05, 0.1) is 0 Å². The van der Waals surface area contributed by atoms with E-state index in [1.807, 2.05) is 19.9 Å². The Morgan fingerprint density at radius 3 is 2.81 bits per heavy atom. The van der Waals surface area contributed by atoms with Gasteiger partial charge in [0.25, 0.3) is 0 Å². The van der Waals surface area contributed by atoms with Crippen LogP contribution >= 0.6 is 11.8 Å². The molecule has 0 saturated carbocycles. The molecular weight excluding hydrogens is 356 g/mol. The third-order valence-corrected chi connectivity index (χ3v) is 4.76. The fourth-order valence-corrected chi connectivity index (χ4v) is 3.12. The largest absolute Gasteiger partial charge is 0.423 e. The second-order valence-corrected chi connectivity index (χ2v) is 6.79. The molecule has 10 heteroatoms. The molecule has 0 saturated heterocycles. The summed E-state index contributed by atoms with van der Waals surface area (Å²) in [5.74, 6) is 0.641. The first-order chi connectivity index (χ1) is 12.4. The van der Waals surface area contributed by atoms with E-state index in [1.165, 1.54) is 17.8 Å². The number of rotatable bonds is 5. The molecule has 0 spiro atoms. The molecule has 0 radical (unpaired) electrons. The molecule has 2 aromatic heterocycles. The van der Waals surface area contributed by atoms with E-state index < -0.39 is 0 Å². The van der Waals surface area contributed by atoms with E-state index in [0.717, 1.165) is 16.5 Å². The van der Waals surface area contributed by atoms with E-state index in [9.17, 15) is 9.59 Å². The van der Waals surface area contributed by atoms with Crippen molar-refractivity contribution in [1.29, 1.82) is 0 Å². The molecular formula is C16H18N6O3S. The first kappa shape index (κ1) is 17.9. The van der Waals surface area contributed by atoms with Crippen LogP contribution in [0.15, 0.2) is 32.6 Å². The lowest BCUT2D eigenvalue weighted by Crippen LogP contribution is -2.30. The van der Waals surface area contributed by atoms with Gasteiger partial charge in [-0.05, 0) is 47.5 Å². The number of nitrogens with one attached hydrogen (secondary N) is 2. The highest BCUT2D eigenvalue weighted by atomic mass is 32.2. The molecule has 2 amide bonds. The van der Waals surface area contributed by atoms with Crippen molar-refractivity contribution in [2.75, 3.05) is 17.6 Å². The number of aromatic nitrogens is 4. The van der Waals surface area contributed by atoms with Crippen LogP contribution < -0.4 is 16.3 Å². The summed E-state index contributed by atoms with van der Waals surface area (Å²) in [6.07, 6.45) is 0. The highest BCUT2D eigenvalue weighted by Gasteiger charge is 2.10. The van der Waals surface area contributed by atoms with Gasteiger partial charge in [-0.1, -0.05) is 11.8 Å². The molecule has 0 fully saturated rings. The van der Waals surface area contributed by atoms with Gasteiger partial charge < -0.3 is 15.1 Å². The molecule has 1 aromatic carbocycles. The zero-order valence-electron chi connectivity index (χ0n) is 14.6. The summed E-state index contributed by atoms with van der Waals surface area (Å²) in [4.78, 5) is 23.6. The summed E-state index contributed by atoms with van der Waals surface area (Å²) in [6.45, 7) is 4.13. The van der Waals surface area contributed by atoms with Gasteiger partial charge in [0.15, 0.2) is 0 Å². The zero-order valence-corrected chi connectivity index (χ0v) is 15.4. The minimum atomic E-state index is -0.386. The van der Waals surface area contributed by atoms with Gasteiger partial charge in [0, 0.05) is 36.5 Å². The number of tetrazole rings is 1. The van der Waals surface area contributed by atoms with E-state index in [2.05, 4.69) is 26.2 Å². The summed E-state index contributed by atoms with van der Waals surface area (Å²) in [5, 5.41) is 18.2. The molecule has 0 aliphatic heterocycles. The summed E-state index contributed by atoms with van der Waals surface area (Å²) < 4.78 is 6.78. The lowest BCUT2D eigenvalue weighted by atomic mass is 10.1. The van der Waals surface area contributed by atoms with E-state index in [1.54, 1.807) is 17.8 Å². The smallest absolute Gasteiger partial charge is 0.336 e. The number of benzene rings is 1. The number of amides is 2. The first-order valence-corrected chi connectivity index (χ1v) is 8.87. The number of carbonyl (C=O) groups excluding carboxylic acids is 1. The van der Waals surface area contributed by atoms with E-state index >= 15 is 0 Å². The van der Waals surface area contributed by atoms with E-state index in [-0.39, 0.29) is 11.7 Å². The maximum absolute atomic E-state index is 12.1. The maximum Gasteiger partial charge on any atom is 0.336 e. The second-order valence-electron chi connectivity index (χ2n) is 5.73. The minimum absolute atomic E-state index is 0.306. The van der Waals surface area contributed by atoms with Crippen LogP contribution in [0.2, 0.25) is 0 Å². The van der Waals surface area contributed by atoms with Crippen LogP contribution in [0.25, 0.3) is 11.0 Å². The maximum atomic E-state index is 12.1. The summed E-state index contributed by atoms with van der Waals surface area (Å²) in [6, 6.07) is 4.68. The average molecular weight is 374 g/mol. The predicted octanol–water partition coefficient (Wildman–Crippen LogP) is 1.85. The average Bonchev–Trinajstić information content (AvgIpc) is 2.98. The number of hydrogen-bond donors (Lipinski definition) is 2. The Morgan fingerprint density at radius 1 is 1.27 bits per heavy atom. The lowest BCUT2D eigenvalue weighted by molar-refractivity contribution is 0.252. The van der Waals surface area contributed by atoms with Crippen molar-refractivity contribution >= 4 is 34.4 Å². The van der Waals surface area contributed by atoms with Gasteiger partial charge in [0.1, 0.15) is 5.58 Å². The van der Waals surface area contributed by atoms with Crippen molar-refractivity contribution < 1.29 is 9.21 Å². The van der Waals surface area contributed by atoms with E-state index in [4.69, 9.17) is 4.42 Å². The van der Waals surface area contributed by atoms with Crippen LogP contribution in [0.5, 0.6) is 0 Å². The molecule has 2 heterocycles. The Labute approximate surface area is 153 Å². The highest BCUT2D eigenvalue weighted by molar-refractivity contribution is 7.99.